The van der Waals surface area contributed by atoms with Gasteiger partial charge in [0.25, 0.3) is 0 Å². The summed E-state index contributed by atoms with van der Waals surface area (Å²) in [6.07, 6.45) is 17.1. The fraction of sp³-hybridized carbons (Fsp3) is 0.292. The molecular weight excluding hydrogens is 360 g/mol. The first kappa shape index (κ1) is 19.1. The Kier molecular flexibility index (Phi) is 6.15. The van der Waals surface area contributed by atoms with Crippen molar-refractivity contribution in [1.29, 1.82) is 0 Å². The Hall–Kier alpha value is -3.21. The number of nitrogens with one attached hydrogen (secondary N) is 1. The lowest BCUT2D eigenvalue weighted by atomic mass is 9.82. The van der Waals surface area contributed by atoms with Gasteiger partial charge in [0, 0.05) is 24.7 Å². The van der Waals surface area contributed by atoms with E-state index in [9.17, 15) is 5.21 Å². The molecule has 29 heavy (non-hydrogen) atoms. The summed E-state index contributed by atoms with van der Waals surface area (Å²) in [6.45, 7) is 0.826. The van der Waals surface area contributed by atoms with Crippen LogP contribution in [-0.4, -0.2) is 27.4 Å². The molecule has 0 saturated carbocycles. The van der Waals surface area contributed by atoms with Crippen LogP contribution in [0.4, 0.5) is 5.95 Å². The fourth-order valence-electron chi connectivity index (χ4n) is 3.93. The first-order valence-electron chi connectivity index (χ1n) is 10.2. The predicted octanol–water partition coefficient (Wildman–Crippen LogP) is 5.02. The molecule has 0 aliphatic heterocycles. The van der Waals surface area contributed by atoms with Gasteiger partial charge in [-0.2, -0.15) is 0 Å². The molecule has 0 unspecified atom stereocenters. The van der Waals surface area contributed by atoms with Crippen LogP contribution in [0.2, 0.25) is 0 Å². The summed E-state index contributed by atoms with van der Waals surface area (Å²) < 4.78 is 0. The Bertz CT molecular complexity index is 960. The molecular formula is C24H26N4O. The van der Waals surface area contributed by atoms with E-state index in [0.717, 1.165) is 43.5 Å². The van der Waals surface area contributed by atoms with E-state index in [1.165, 1.54) is 11.1 Å². The van der Waals surface area contributed by atoms with Crippen molar-refractivity contribution in [2.75, 3.05) is 11.9 Å². The van der Waals surface area contributed by atoms with Gasteiger partial charge in [0.2, 0.25) is 5.95 Å². The minimum absolute atomic E-state index is 0.264. The van der Waals surface area contributed by atoms with Crippen LogP contribution in [0.1, 0.15) is 48.4 Å². The van der Waals surface area contributed by atoms with E-state index < -0.39 is 0 Å². The quantitative estimate of drug-likeness (QED) is 0.415. The summed E-state index contributed by atoms with van der Waals surface area (Å²) in [5, 5.41) is 16.4. The second kappa shape index (κ2) is 9.32. The summed E-state index contributed by atoms with van der Waals surface area (Å²) in [5.74, 6) is 0.907. The second-order valence-electron chi connectivity index (χ2n) is 7.49. The van der Waals surface area contributed by atoms with Gasteiger partial charge in [0.1, 0.15) is 0 Å². The van der Waals surface area contributed by atoms with Crippen LogP contribution in [0.15, 0.2) is 77.6 Å². The number of fused-ring (bicyclic) bond motifs is 1. The molecule has 5 heteroatoms. The highest BCUT2D eigenvalue weighted by Gasteiger charge is 2.27. The van der Waals surface area contributed by atoms with Gasteiger partial charge < -0.3 is 10.5 Å². The lowest BCUT2D eigenvalue weighted by molar-refractivity contribution is 0.316. The molecule has 0 radical (unpaired) electrons. The van der Waals surface area contributed by atoms with Gasteiger partial charge in [-0.25, -0.2) is 9.97 Å². The van der Waals surface area contributed by atoms with Crippen LogP contribution >= 0.6 is 0 Å². The second-order valence-corrected chi connectivity index (χ2v) is 7.49. The van der Waals surface area contributed by atoms with E-state index >= 15 is 0 Å². The predicted molar refractivity (Wildman–Crippen MR) is 117 cm³/mol. The van der Waals surface area contributed by atoms with Crippen LogP contribution in [-0.2, 0) is 6.42 Å². The number of anilines is 1. The topological polar surface area (TPSA) is 70.4 Å². The zero-order valence-electron chi connectivity index (χ0n) is 16.5. The molecule has 2 N–H and O–H groups in total. The number of oxime groups is 1. The third-order valence-electron chi connectivity index (χ3n) is 5.48. The van der Waals surface area contributed by atoms with E-state index in [1.54, 1.807) is 6.20 Å². The van der Waals surface area contributed by atoms with E-state index in [-0.39, 0.29) is 5.92 Å². The third-order valence-corrected chi connectivity index (χ3v) is 5.48. The van der Waals surface area contributed by atoms with E-state index in [2.05, 4.69) is 58.0 Å². The highest BCUT2D eigenvalue weighted by atomic mass is 16.4. The molecule has 2 aliphatic carbocycles. The first-order valence-corrected chi connectivity index (χ1v) is 10.2. The van der Waals surface area contributed by atoms with Crippen molar-refractivity contribution in [2.24, 2.45) is 5.16 Å². The number of allylic oxidation sites excluding steroid dienone is 6. The van der Waals surface area contributed by atoms with Crippen LogP contribution < -0.4 is 5.32 Å². The monoisotopic (exact) mass is 386 g/mol. The van der Waals surface area contributed by atoms with Gasteiger partial charge >= 0.3 is 0 Å². The van der Waals surface area contributed by atoms with Crippen molar-refractivity contribution in [3.63, 3.8) is 0 Å². The molecule has 4 rings (SSSR count). The molecule has 0 spiro atoms. The lowest BCUT2D eigenvalue weighted by Crippen LogP contribution is -2.22. The molecule has 0 bridgehead atoms. The van der Waals surface area contributed by atoms with Crippen molar-refractivity contribution in [3.05, 3.63) is 89.3 Å². The molecule has 2 aliphatic rings. The van der Waals surface area contributed by atoms with Crippen LogP contribution in [0.3, 0.4) is 0 Å². The summed E-state index contributed by atoms with van der Waals surface area (Å²) in [4.78, 5) is 9.17. The molecule has 148 valence electrons. The highest BCUT2D eigenvalue weighted by Crippen LogP contribution is 2.32. The Morgan fingerprint density at radius 2 is 2.00 bits per heavy atom. The van der Waals surface area contributed by atoms with Crippen molar-refractivity contribution in [1.82, 2.24) is 9.97 Å². The van der Waals surface area contributed by atoms with Crippen molar-refractivity contribution in [3.8, 4) is 0 Å². The molecule has 1 aromatic carbocycles. The first-order chi connectivity index (χ1) is 14.3. The Labute approximate surface area is 171 Å². The minimum atomic E-state index is 0.264. The number of hydrogen-bond donors (Lipinski definition) is 2. The lowest BCUT2D eigenvalue weighted by Gasteiger charge is -2.25. The van der Waals surface area contributed by atoms with Crippen LogP contribution in [0.25, 0.3) is 0 Å². The largest absolute Gasteiger partial charge is 0.411 e. The maximum absolute atomic E-state index is 9.49. The summed E-state index contributed by atoms with van der Waals surface area (Å²) in [6, 6.07) is 10.4. The number of rotatable bonds is 6. The molecule has 0 amide bonds. The number of nitrogens with zero attached hydrogens (tertiary/aromatic N) is 3. The maximum Gasteiger partial charge on any atom is 0.222 e. The number of hydrogen-bond acceptors (Lipinski definition) is 5. The number of benzene rings is 1. The molecule has 0 saturated heterocycles. The normalized spacial score (nSPS) is 19.5. The van der Waals surface area contributed by atoms with Crippen LogP contribution in [0, 0.1) is 0 Å². The summed E-state index contributed by atoms with van der Waals surface area (Å²) in [5.41, 5.74) is 5.14. The Morgan fingerprint density at radius 1 is 1.10 bits per heavy atom. The minimum Gasteiger partial charge on any atom is -0.411 e. The average molecular weight is 386 g/mol. The molecule has 1 atom stereocenters. The van der Waals surface area contributed by atoms with E-state index in [4.69, 9.17) is 4.98 Å². The van der Waals surface area contributed by atoms with Crippen molar-refractivity contribution in [2.45, 2.75) is 38.0 Å². The average Bonchev–Trinajstić information content (AvgIpc) is 3.05. The zero-order chi connectivity index (χ0) is 19.9. The van der Waals surface area contributed by atoms with Gasteiger partial charge in [-0.15, -0.1) is 0 Å². The maximum atomic E-state index is 9.49. The van der Waals surface area contributed by atoms with Gasteiger partial charge in [-0.3, -0.25) is 0 Å². The van der Waals surface area contributed by atoms with Gasteiger partial charge in [-0.05, 0) is 37.2 Å². The standard InChI is InChI=1S/C24H26N4O/c29-28-23-16-20(19-12-6-3-7-13-19)15-22-21(23)17-26-24(27-22)25-14-8-11-18-9-4-1-2-5-10-18/h1-7,9,12-13,17,20,29H,8,10-11,14-16H2,(H,25,26,27)/b28-23+/t20-/m0/s1. The third kappa shape index (κ3) is 4.80. The zero-order valence-corrected chi connectivity index (χ0v) is 16.5. The Balaban J connectivity index is 1.40. The van der Waals surface area contributed by atoms with Crippen molar-refractivity contribution >= 4 is 11.7 Å². The van der Waals surface area contributed by atoms with Gasteiger partial charge in [0.15, 0.2) is 0 Å². The molecule has 0 fully saturated rings. The molecule has 1 aromatic heterocycles. The smallest absolute Gasteiger partial charge is 0.222 e. The molecule has 2 aromatic rings. The van der Waals surface area contributed by atoms with Gasteiger partial charge in [-0.1, -0.05) is 71.4 Å². The summed E-state index contributed by atoms with van der Waals surface area (Å²) >= 11 is 0. The van der Waals surface area contributed by atoms with E-state index in [1.807, 2.05) is 18.2 Å². The Morgan fingerprint density at radius 3 is 2.86 bits per heavy atom. The SMILES string of the molecule is O/N=C1\C[C@@H](c2ccccc2)Cc2nc(NCCCC3=CC=CC=CC3)ncc21. The van der Waals surface area contributed by atoms with E-state index in [0.29, 0.717) is 18.1 Å². The molecule has 5 nitrogen and oxygen atoms in total. The van der Waals surface area contributed by atoms with Crippen LogP contribution in [0.5, 0.6) is 0 Å². The fourth-order valence-corrected chi connectivity index (χ4v) is 3.93. The number of aromatic nitrogens is 2. The van der Waals surface area contributed by atoms with Crippen molar-refractivity contribution < 1.29 is 5.21 Å². The molecule has 1 heterocycles. The van der Waals surface area contributed by atoms with Gasteiger partial charge in [0.05, 0.1) is 11.4 Å². The highest BCUT2D eigenvalue weighted by molar-refractivity contribution is 6.02. The summed E-state index contributed by atoms with van der Waals surface area (Å²) in [7, 11) is 0.